The van der Waals surface area contributed by atoms with Gasteiger partial charge in [0.2, 0.25) is 5.91 Å². The average molecular weight is 525 g/mol. The second-order valence-electron chi connectivity index (χ2n) is 8.33. The molecule has 0 radical (unpaired) electrons. The summed E-state index contributed by atoms with van der Waals surface area (Å²) in [5.74, 6) is 1.01. The molecule has 1 fully saturated rings. The Morgan fingerprint density at radius 3 is 2.57 bits per heavy atom. The molecule has 0 spiro atoms. The number of fused-ring (bicyclic) bond motifs is 1. The van der Waals surface area contributed by atoms with Crippen molar-refractivity contribution in [2.45, 2.75) is 46.0 Å². The summed E-state index contributed by atoms with van der Waals surface area (Å²) in [5.41, 5.74) is 3.42. The van der Waals surface area contributed by atoms with Crippen molar-refractivity contribution in [2.75, 3.05) is 33.7 Å². The van der Waals surface area contributed by atoms with Gasteiger partial charge in [0.25, 0.3) is 0 Å². The van der Waals surface area contributed by atoms with Gasteiger partial charge in [-0.2, -0.15) is 0 Å². The highest BCUT2D eigenvalue weighted by atomic mass is 127. The van der Waals surface area contributed by atoms with E-state index in [2.05, 4.69) is 53.7 Å². The monoisotopic (exact) mass is 525 g/mol. The summed E-state index contributed by atoms with van der Waals surface area (Å²) in [6, 6.07) is 8.43. The van der Waals surface area contributed by atoms with E-state index in [1.807, 2.05) is 14.1 Å². The summed E-state index contributed by atoms with van der Waals surface area (Å²) in [4.78, 5) is 22.8. The largest absolute Gasteiger partial charge is 0.358 e. The van der Waals surface area contributed by atoms with E-state index in [1.54, 1.807) is 4.90 Å². The highest BCUT2D eigenvalue weighted by molar-refractivity contribution is 14.0. The normalized spacial score (nSPS) is 15.7. The Bertz CT molecular complexity index is 868. The zero-order valence-corrected chi connectivity index (χ0v) is 21.0. The molecule has 7 heteroatoms. The van der Waals surface area contributed by atoms with E-state index >= 15 is 0 Å². The minimum absolute atomic E-state index is 0. The fourth-order valence-electron chi connectivity index (χ4n) is 4.50. The number of amides is 1. The van der Waals surface area contributed by atoms with Crippen LogP contribution in [0.4, 0.5) is 0 Å². The van der Waals surface area contributed by atoms with Crippen molar-refractivity contribution < 1.29 is 4.79 Å². The smallest absolute Gasteiger partial charge is 0.230 e. The lowest BCUT2D eigenvalue weighted by Crippen LogP contribution is -2.43. The minimum atomic E-state index is -0.334. The Kier molecular flexibility index (Phi) is 9.00. The number of guanidine groups is 1. The number of aryl methyl sites for hydroxylation is 1. The molecule has 3 rings (SSSR count). The topological polar surface area (TPSA) is 72.5 Å². The first-order valence-corrected chi connectivity index (χ1v) is 10.8. The highest BCUT2D eigenvalue weighted by Crippen LogP contribution is 2.39. The zero-order valence-electron chi connectivity index (χ0n) is 18.7. The molecule has 0 unspecified atom stereocenters. The molecule has 1 saturated carbocycles. The van der Waals surface area contributed by atoms with E-state index in [0.717, 1.165) is 51.2 Å². The van der Waals surface area contributed by atoms with E-state index in [4.69, 9.17) is 4.99 Å². The molecular formula is C23H36IN5O. The number of para-hydroxylation sites is 1. The van der Waals surface area contributed by atoms with Gasteiger partial charge in [-0.3, -0.25) is 9.79 Å². The van der Waals surface area contributed by atoms with Gasteiger partial charge in [0.05, 0.1) is 12.0 Å². The standard InChI is InChI=1S/C23H35N5O.HI/c1-5-24-22(26-16-23(13-8-9-14-23)21(29)28(3)4)25-15-12-18-17(2)27-20-11-7-6-10-19(18)20;/h6-7,10-11,27H,5,8-9,12-16H2,1-4H3,(H2,24,25,26);1H. The lowest BCUT2D eigenvalue weighted by Gasteiger charge is -2.29. The molecule has 3 N–H and O–H groups in total. The third kappa shape index (κ3) is 5.47. The third-order valence-electron chi connectivity index (χ3n) is 6.00. The Hall–Kier alpha value is -1.77. The van der Waals surface area contributed by atoms with E-state index in [0.29, 0.717) is 6.54 Å². The van der Waals surface area contributed by atoms with Gasteiger partial charge in [-0.1, -0.05) is 31.0 Å². The maximum atomic E-state index is 12.8. The first-order chi connectivity index (χ1) is 14.0. The maximum Gasteiger partial charge on any atom is 0.230 e. The number of nitrogens with zero attached hydrogens (tertiary/aromatic N) is 2. The van der Waals surface area contributed by atoms with Gasteiger partial charge in [-0.25, -0.2) is 0 Å². The van der Waals surface area contributed by atoms with Gasteiger partial charge in [-0.15, -0.1) is 24.0 Å². The molecule has 1 aliphatic rings. The minimum Gasteiger partial charge on any atom is -0.358 e. The molecule has 1 aromatic heterocycles. The molecule has 1 aliphatic carbocycles. The molecule has 1 amide bonds. The lowest BCUT2D eigenvalue weighted by atomic mass is 9.85. The number of hydrogen-bond donors (Lipinski definition) is 3. The van der Waals surface area contributed by atoms with Crippen molar-refractivity contribution in [3.05, 3.63) is 35.5 Å². The first kappa shape index (κ1) is 24.5. The number of benzene rings is 1. The van der Waals surface area contributed by atoms with Crippen molar-refractivity contribution in [1.82, 2.24) is 20.5 Å². The van der Waals surface area contributed by atoms with Crippen LogP contribution in [0.2, 0.25) is 0 Å². The Morgan fingerprint density at radius 2 is 1.90 bits per heavy atom. The fourth-order valence-corrected chi connectivity index (χ4v) is 4.50. The number of halogens is 1. The Balaban J connectivity index is 0.00000320. The second kappa shape index (κ2) is 11.0. The van der Waals surface area contributed by atoms with Gasteiger partial charge in [0.15, 0.2) is 5.96 Å². The number of aliphatic imine (C=N–C) groups is 1. The van der Waals surface area contributed by atoms with E-state index in [-0.39, 0.29) is 35.3 Å². The molecule has 2 aromatic rings. The third-order valence-corrected chi connectivity index (χ3v) is 6.00. The van der Waals surface area contributed by atoms with Crippen LogP contribution in [0.3, 0.4) is 0 Å². The Labute approximate surface area is 197 Å². The number of aromatic nitrogens is 1. The van der Waals surface area contributed by atoms with Gasteiger partial charge in [0, 0.05) is 43.8 Å². The van der Waals surface area contributed by atoms with Crippen molar-refractivity contribution >= 4 is 46.7 Å². The summed E-state index contributed by atoms with van der Waals surface area (Å²) < 4.78 is 0. The second-order valence-corrected chi connectivity index (χ2v) is 8.33. The van der Waals surface area contributed by atoms with E-state index in [1.165, 1.54) is 22.2 Å². The van der Waals surface area contributed by atoms with Gasteiger partial charge in [-0.05, 0) is 44.7 Å². The van der Waals surface area contributed by atoms with Crippen LogP contribution in [0.5, 0.6) is 0 Å². The molecule has 1 aromatic carbocycles. The van der Waals surface area contributed by atoms with Crippen LogP contribution < -0.4 is 10.6 Å². The molecule has 0 saturated heterocycles. The number of carbonyl (C=O) groups excluding carboxylic acids is 1. The average Bonchev–Trinajstić information content (AvgIpc) is 3.31. The first-order valence-electron chi connectivity index (χ1n) is 10.8. The SMILES string of the molecule is CCNC(=NCC1(C(=O)N(C)C)CCCC1)NCCc1c(C)[nH]c2ccccc12.I. The summed E-state index contributed by atoms with van der Waals surface area (Å²) in [5, 5.41) is 8.08. The molecular weight excluding hydrogens is 489 g/mol. The summed E-state index contributed by atoms with van der Waals surface area (Å²) in [7, 11) is 3.69. The van der Waals surface area contributed by atoms with Crippen molar-refractivity contribution in [1.29, 1.82) is 0 Å². The number of hydrogen-bond acceptors (Lipinski definition) is 2. The van der Waals surface area contributed by atoms with Crippen LogP contribution in [0.15, 0.2) is 29.3 Å². The molecule has 0 bridgehead atoms. The Morgan fingerprint density at radius 1 is 1.20 bits per heavy atom. The molecule has 166 valence electrons. The molecule has 0 aliphatic heterocycles. The molecule has 1 heterocycles. The number of nitrogens with one attached hydrogen (secondary N) is 3. The van der Waals surface area contributed by atoms with Gasteiger partial charge < -0.3 is 20.5 Å². The summed E-state index contributed by atoms with van der Waals surface area (Å²) in [6.45, 7) is 6.34. The van der Waals surface area contributed by atoms with E-state index < -0.39 is 0 Å². The van der Waals surface area contributed by atoms with Gasteiger partial charge >= 0.3 is 0 Å². The van der Waals surface area contributed by atoms with Crippen LogP contribution in [0.25, 0.3) is 10.9 Å². The molecule has 30 heavy (non-hydrogen) atoms. The molecule has 0 atom stereocenters. The lowest BCUT2D eigenvalue weighted by molar-refractivity contribution is -0.138. The zero-order chi connectivity index (χ0) is 20.9. The maximum absolute atomic E-state index is 12.8. The number of H-pyrrole nitrogens is 1. The highest BCUT2D eigenvalue weighted by Gasteiger charge is 2.42. The van der Waals surface area contributed by atoms with E-state index in [9.17, 15) is 4.79 Å². The van der Waals surface area contributed by atoms with Crippen LogP contribution in [0, 0.1) is 12.3 Å². The summed E-state index contributed by atoms with van der Waals surface area (Å²) in [6.07, 6.45) is 5.00. The van der Waals surface area contributed by atoms with Crippen LogP contribution in [0.1, 0.15) is 43.9 Å². The molecule has 6 nitrogen and oxygen atoms in total. The number of carbonyl (C=O) groups is 1. The van der Waals surface area contributed by atoms with Crippen LogP contribution in [-0.2, 0) is 11.2 Å². The van der Waals surface area contributed by atoms with Crippen LogP contribution >= 0.6 is 24.0 Å². The summed E-state index contributed by atoms with van der Waals surface area (Å²) >= 11 is 0. The van der Waals surface area contributed by atoms with Crippen LogP contribution in [-0.4, -0.2) is 55.5 Å². The van der Waals surface area contributed by atoms with Gasteiger partial charge in [0.1, 0.15) is 0 Å². The van der Waals surface area contributed by atoms with Crippen molar-refractivity contribution in [3.8, 4) is 0 Å². The predicted octanol–water partition coefficient (Wildman–Crippen LogP) is 3.84. The fraction of sp³-hybridized carbons (Fsp3) is 0.565. The predicted molar refractivity (Wildman–Crippen MR) is 136 cm³/mol. The van der Waals surface area contributed by atoms with Crippen molar-refractivity contribution in [2.24, 2.45) is 10.4 Å². The number of rotatable bonds is 7. The quantitative estimate of drug-likeness (QED) is 0.292. The number of aromatic amines is 1. The van der Waals surface area contributed by atoms with Crippen molar-refractivity contribution in [3.63, 3.8) is 0 Å².